The average molecular weight is 333 g/mol. The van der Waals surface area contributed by atoms with E-state index in [9.17, 15) is 14.4 Å². The highest BCUT2D eigenvalue weighted by Gasteiger charge is 2.28. The molecule has 0 aromatic heterocycles. The van der Waals surface area contributed by atoms with Gasteiger partial charge < -0.3 is 10.1 Å². The molecule has 0 unspecified atom stereocenters. The van der Waals surface area contributed by atoms with Crippen molar-refractivity contribution in [2.75, 3.05) is 6.61 Å². The first-order chi connectivity index (χ1) is 11.1. The molecule has 0 saturated heterocycles. The molecule has 0 radical (unpaired) electrons. The van der Waals surface area contributed by atoms with Gasteiger partial charge in [0.1, 0.15) is 6.04 Å². The van der Waals surface area contributed by atoms with Gasteiger partial charge in [-0.1, -0.05) is 65.0 Å². The lowest BCUT2D eigenvalue weighted by atomic mass is 9.91. The molecular formula is C19H27NO4. The molecule has 1 amide bonds. The van der Waals surface area contributed by atoms with Crippen molar-refractivity contribution in [1.82, 2.24) is 5.32 Å². The van der Waals surface area contributed by atoms with Gasteiger partial charge in [0, 0.05) is 5.41 Å². The predicted molar refractivity (Wildman–Crippen MR) is 92.3 cm³/mol. The number of ketones is 1. The normalized spacial score (nSPS) is 12.6. The maximum absolute atomic E-state index is 12.2. The van der Waals surface area contributed by atoms with Crippen molar-refractivity contribution >= 4 is 17.7 Å². The van der Waals surface area contributed by atoms with Crippen LogP contribution in [-0.2, 0) is 25.5 Å². The van der Waals surface area contributed by atoms with E-state index in [0.717, 1.165) is 5.56 Å². The molecule has 1 aromatic rings. The summed E-state index contributed by atoms with van der Waals surface area (Å²) in [6.45, 7) is 8.67. The molecule has 1 aromatic carbocycles. The van der Waals surface area contributed by atoms with Gasteiger partial charge in [-0.3, -0.25) is 9.59 Å². The van der Waals surface area contributed by atoms with Crippen LogP contribution in [0.3, 0.4) is 0 Å². The van der Waals surface area contributed by atoms with Gasteiger partial charge in [0.25, 0.3) is 0 Å². The molecular weight excluding hydrogens is 306 g/mol. The van der Waals surface area contributed by atoms with Crippen LogP contribution in [0.1, 0.15) is 40.2 Å². The summed E-state index contributed by atoms with van der Waals surface area (Å²) in [5.74, 6) is -1.13. The van der Waals surface area contributed by atoms with E-state index in [1.54, 1.807) is 20.8 Å². The molecule has 0 fully saturated rings. The van der Waals surface area contributed by atoms with Crippen LogP contribution < -0.4 is 5.32 Å². The van der Waals surface area contributed by atoms with Crippen LogP contribution in [-0.4, -0.2) is 30.3 Å². The van der Waals surface area contributed by atoms with E-state index < -0.39 is 17.4 Å². The minimum absolute atomic E-state index is 0.137. The number of carbonyl (C=O) groups is 3. The first kappa shape index (κ1) is 19.9. The first-order valence-electron chi connectivity index (χ1n) is 8.14. The highest BCUT2D eigenvalue weighted by molar-refractivity contribution is 5.89. The summed E-state index contributed by atoms with van der Waals surface area (Å²) < 4.78 is 5.10. The van der Waals surface area contributed by atoms with Gasteiger partial charge in [-0.2, -0.15) is 0 Å². The molecule has 0 aliphatic heterocycles. The molecule has 132 valence electrons. The zero-order chi connectivity index (χ0) is 18.3. The highest BCUT2D eigenvalue weighted by Crippen LogP contribution is 2.15. The van der Waals surface area contributed by atoms with Crippen molar-refractivity contribution in [3.05, 3.63) is 35.9 Å². The van der Waals surface area contributed by atoms with Gasteiger partial charge >= 0.3 is 5.97 Å². The Morgan fingerprint density at radius 3 is 2.17 bits per heavy atom. The van der Waals surface area contributed by atoms with Gasteiger partial charge in [-0.25, -0.2) is 4.79 Å². The van der Waals surface area contributed by atoms with Crippen molar-refractivity contribution < 1.29 is 19.1 Å². The maximum Gasteiger partial charge on any atom is 0.329 e. The number of Topliss-reactive ketones (excluding diaryl/α,β-unsaturated/α-hetero) is 1. The van der Waals surface area contributed by atoms with Crippen LogP contribution in [0, 0.1) is 11.3 Å². The zero-order valence-electron chi connectivity index (χ0n) is 15.1. The van der Waals surface area contributed by atoms with Crippen LogP contribution in [0.4, 0.5) is 0 Å². The summed E-state index contributed by atoms with van der Waals surface area (Å²) in [7, 11) is 0. The Hall–Kier alpha value is -2.17. The second-order valence-electron chi connectivity index (χ2n) is 7.23. The largest absolute Gasteiger partial charge is 0.456 e. The SMILES string of the molecule is CC(C)[C@H](NC(=O)Cc1ccccc1)C(=O)OCC(=O)C(C)(C)C. The van der Waals surface area contributed by atoms with Crippen molar-refractivity contribution in [3.8, 4) is 0 Å². The molecule has 5 heteroatoms. The number of nitrogens with one attached hydrogen (secondary N) is 1. The lowest BCUT2D eigenvalue weighted by Gasteiger charge is -2.22. The summed E-state index contributed by atoms with van der Waals surface area (Å²) in [6, 6.07) is 8.52. The average Bonchev–Trinajstić information content (AvgIpc) is 2.49. The number of hydrogen-bond donors (Lipinski definition) is 1. The van der Waals surface area contributed by atoms with Crippen LogP contribution in [0.2, 0.25) is 0 Å². The van der Waals surface area contributed by atoms with Crippen molar-refractivity contribution in [1.29, 1.82) is 0 Å². The molecule has 5 nitrogen and oxygen atoms in total. The monoisotopic (exact) mass is 333 g/mol. The third-order valence-corrected chi connectivity index (χ3v) is 3.63. The van der Waals surface area contributed by atoms with Gasteiger partial charge in [-0.05, 0) is 11.5 Å². The fraction of sp³-hybridized carbons (Fsp3) is 0.526. The Labute approximate surface area is 143 Å². The lowest BCUT2D eigenvalue weighted by Crippen LogP contribution is -2.46. The van der Waals surface area contributed by atoms with Gasteiger partial charge in [0.05, 0.1) is 6.42 Å². The third kappa shape index (κ3) is 6.52. The number of ether oxygens (including phenoxy) is 1. The number of amides is 1. The number of benzene rings is 1. The molecule has 1 N–H and O–H groups in total. The van der Waals surface area contributed by atoms with E-state index in [2.05, 4.69) is 5.32 Å². The van der Waals surface area contributed by atoms with Crippen LogP contribution in [0.5, 0.6) is 0 Å². The fourth-order valence-electron chi connectivity index (χ4n) is 1.95. The van der Waals surface area contributed by atoms with Crippen molar-refractivity contribution in [2.24, 2.45) is 11.3 Å². The summed E-state index contributed by atoms with van der Waals surface area (Å²) in [5.41, 5.74) is 0.304. The van der Waals surface area contributed by atoms with Gasteiger partial charge in [0.15, 0.2) is 12.4 Å². The second kappa shape index (κ2) is 8.62. The Morgan fingerprint density at radius 2 is 1.67 bits per heavy atom. The topological polar surface area (TPSA) is 72.5 Å². The summed E-state index contributed by atoms with van der Waals surface area (Å²) in [4.78, 5) is 36.2. The van der Waals surface area contributed by atoms with E-state index >= 15 is 0 Å². The molecule has 0 aliphatic carbocycles. The maximum atomic E-state index is 12.2. The number of rotatable bonds is 7. The second-order valence-corrected chi connectivity index (χ2v) is 7.23. The molecule has 0 bridgehead atoms. The minimum atomic E-state index is -0.769. The fourth-order valence-corrected chi connectivity index (χ4v) is 1.95. The smallest absolute Gasteiger partial charge is 0.329 e. The molecule has 0 aliphatic rings. The molecule has 1 rings (SSSR count). The quantitative estimate of drug-likeness (QED) is 0.778. The van der Waals surface area contributed by atoms with E-state index in [1.165, 1.54) is 0 Å². The van der Waals surface area contributed by atoms with Crippen molar-refractivity contribution in [3.63, 3.8) is 0 Å². The van der Waals surface area contributed by atoms with Gasteiger partial charge in [0.2, 0.25) is 5.91 Å². The van der Waals surface area contributed by atoms with E-state index in [-0.39, 0.29) is 30.6 Å². The van der Waals surface area contributed by atoms with Crippen molar-refractivity contribution in [2.45, 2.75) is 47.1 Å². The minimum Gasteiger partial charge on any atom is -0.456 e. The summed E-state index contributed by atoms with van der Waals surface area (Å²) in [5, 5.41) is 2.70. The first-order valence-corrected chi connectivity index (χ1v) is 8.14. The molecule has 0 spiro atoms. The van der Waals surface area contributed by atoms with Crippen LogP contribution in [0.15, 0.2) is 30.3 Å². The third-order valence-electron chi connectivity index (χ3n) is 3.63. The Kier molecular flexibility index (Phi) is 7.14. The molecule has 24 heavy (non-hydrogen) atoms. The standard InChI is InChI=1S/C19H27NO4/c1-13(2)17(18(23)24-12-15(21)19(3,4)5)20-16(22)11-14-9-7-6-8-10-14/h6-10,13,17H,11-12H2,1-5H3,(H,20,22)/t17-/m0/s1. The zero-order valence-corrected chi connectivity index (χ0v) is 15.1. The highest BCUT2D eigenvalue weighted by atomic mass is 16.5. The molecule has 1 atom stereocenters. The van der Waals surface area contributed by atoms with E-state index in [0.29, 0.717) is 0 Å². The summed E-state index contributed by atoms with van der Waals surface area (Å²) >= 11 is 0. The van der Waals surface area contributed by atoms with E-state index in [4.69, 9.17) is 4.74 Å². The number of esters is 1. The molecule has 0 saturated carbocycles. The Balaban J connectivity index is 2.61. The van der Waals surface area contributed by atoms with E-state index in [1.807, 2.05) is 44.2 Å². The van der Waals surface area contributed by atoms with Crippen LogP contribution >= 0.6 is 0 Å². The number of carbonyl (C=O) groups excluding carboxylic acids is 3. The summed E-state index contributed by atoms with van der Waals surface area (Å²) in [6.07, 6.45) is 0.193. The van der Waals surface area contributed by atoms with Gasteiger partial charge in [-0.15, -0.1) is 0 Å². The predicted octanol–water partition coefficient (Wildman–Crippen LogP) is 2.53. The number of hydrogen-bond acceptors (Lipinski definition) is 4. The molecule has 0 heterocycles. The Morgan fingerprint density at radius 1 is 1.08 bits per heavy atom. The Bertz CT molecular complexity index is 573. The lowest BCUT2D eigenvalue weighted by molar-refractivity contribution is -0.154. The van der Waals surface area contributed by atoms with Crippen LogP contribution in [0.25, 0.3) is 0 Å².